The van der Waals surface area contributed by atoms with Crippen molar-refractivity contribution in [2.75, 3.05) is 27.4 Å². The summed E-state index contributed by atoms with van der Waals surface area (Å²) in [6.45, 7) is -0.126. The average Bonchev–Trinajstić information content (AvgIpc) is 2.76. The molecule has 0 heterocycles. The molecule has 2 rings (SSSR count). The highest BCUT2D eigenvalue weighted by atomic mass is 16.5. The molecule has 150 valence electrons. The molecule has 0 atom stereocenters. The third-order valence-corrected chi connectivity index (χ3v) is 3.68. The highest BCUT2D eigenvalue weighted by molar-refractivity contribution is 5.97. The van der Waals surface area contributed by atoms with Crippen LogP contribution in [0.5, 0.6) is 17.2 Å². The number of ether oxygens (including phenoxy) is 3. The molecule has 0 aliphatic carbocycles. The van der Waals surface area contributed by atoms with Crippen LogP contribution in [0.4, 0.5) is 0 Å². The zero-order valence-corrected chi connectivity index (χ0v) is 16.1. The van der Waals surface area contributed by atoms with Gasteiger partial charge in [-0.3, -0.25) is 9.59 Å². The normalized spacial score (nSPS) is 10.1. The molecule has 0 spiro atoms. The number of nitrogens with one attached hydrogen (secondary N) is 2. The van der Waals surface area contributed by atoms with Gasteiger partial charge in [-0.2, -0.15) is 5.10 Å². The van der Waals surface area contributed by atoms with Crippen molar-refractivity contribution < 1.29 is 23.8 Å². The first-order valence-electron chi connectivity index (χ1n) is 8.56. The van der Waals surface area contributed by atoms with E-state index in [0.717, 1.165) is 0 Å². The number of carbonyl (C=O) groups is 2. The summed E-state index contributed by atoms with van der Waals surface area (Å²) in [4.78, 5) is 24.1. The number of benzene rings is 2. The maximum absolute atomic E-state index is 12.2. The molecule has 0 aliphatic rings. The van der Waals surface area contributed by atoms with Crippen molar-refractivity contribution >= 4 is 18.0 Å². The topological polar surface area (TPSA) is 98.2 Å². The van der Waals surface area contributed by atoms with Crippen molar-refractivity contribution in [2.45, 2.75) is 0 Å². The van der Waals surface area contributed by atoms with Gasteiger partial charge in [0.25, 0.3) is 11.8 Å². The van der Waals surface area contributed by atoms with E-state index in [1.165, 1.54) is 26.5 Å². The number of para-hydroxylation sites is 1. The first-order chi connectivity index (χ1) is 14.1. The Bertz CT molecular complexity index is 934. The van der Waals surface area contributed by atoms with E-state index in [1.54, 1.807) is 36.4 Å². The lowest BCUT2D eigenvalue weighted by molar-refractivity contribution is -0.120. The van der Waals surface area contributed by atoms with Gasteiger partial charge in [-0.05, 0) is 30.3 Å². The average molecular weight is 395 g/mol. The molecule has 2 amide bonds. The van der Waals surface area contributed by atoms with Crippen LogP contribution in [-0.4, -0.2) is 45.4 Å². The van der Waals surface area contributed by atoms with Gasteiger partial charge in [0.15, 0.2) is 11.5 Å². The molecule has 0 bridgehead atoms. The third kappa shape index (κ3) is 6.29. The van der Waals surface area contributed by atoms with Gasteiger partial charge in [-0.1, -0.05) is 18.1 Å². The van der Waals surface area contributed by atoms with Crippen LogP contribution >= 0.6 is 0 Å². The Morgan fingerprint density at radius 1 is 1.10 bits per heavy atom. The van der Waals surface area contributed by atoms with Gasteiger partial charge in [-0.15, -0.1) is 6.42 Å². The first-order valence-corrected chi connectivity index (χ1v) is 8.56. The minimum atomic E-state index is -0.489. The van der Waals surface area contributed by atoms with Crippen LogP contribution in [0.25, 0.3) is 0 Å². The Morgan fingerprint density at radius 3 is 2.59 bits per heavy atom. The fourth-order valence-electron chi connectivity index (χ4n) is 2.29. The fourth-order valence-corrected chi connectivity index (χ4v) is 2.29. The number of hydrazone groups is 1. The third-order valence-electron chi connectivity index (χ3n) is 3.68. The minimum Gasteiger partial charge on any atom is -0.493 e. The maximum atomic E-state index is 12.2. The summed E-state index contributed by atoms with van der Waals surface area (Å²) in [5.41, 5.74) is 3.32. The number of hydrogen-bond acceptors (Lipinski definition) is 6. The first kappa shape index (κ1) is 21.3. The Balaban J connectivity index is 1.88. The predicted molar refractivity (Wildman–Crippen MR) is 108 cm³/mol. The molecule has 29 heavy (non-hydrogen) atoms. The molecule has 8 heteroatoms. The second kappa shape index (κ2) is 11.0. The maximum Gasteiger partial charge on any atom is 0.259 e. The van der Waals surface area contributed by atoms with E-state index < -0.39 is 11.8 Å². The molecule has 0 radical (unpaired) electrons. The molecule has 0 fully saturated rings. The number of hydrogen-bond donors (Lipinski definition) is 2. The van der Waals surface area contributed by atoms with Gasteiger partial charge in [0.2, 0.25) is 0 Å². The summed E-state index contributed by atoms with van der Waals surface area (Å²) in [6, 6.07) is 11.8. The quantitative estimate of drug-likeness (QED) is 0.382. The van der Waals surface area contributed by atoms with Crippen molar-refractivity contribution in [2.24, 2.45) is 5.10 Å². The lowest BCUT2D eigenvalue weighted by Gasteiger charge is -2.09. The molecule has 2 N–H and O–H groups in total. The summed E-state index contributed by atoms with van der Waals surface area (Å²) >= 11 is 0. The number of rotatable bonds is 9. The number of terminal acetylenes is 1. The van der Waals surface area contributed by atoms with Crippen LogP contribution in [0.15, 0.2) is 47.6 Å². The Labute approximate surface area is 168 Å². The van der Waals surface area contributed by atoms with Gasteiger partial charge in [0, 0.05) is 11.1 Å². The number of nitrogens with zero attached hydrogens (tertiary/aromatic N) is 1. The Morgan fingerprint density at radius 2 is 1.86 bits per heavy atom. The van der Waals surface area contributed by atoms with Gasteiger partial charge in [0.05, 0.1) is 27.0 Å². The standard InChI is InChI=1S/C21H21N3O5/c1-4-11-29-17-8-6-5-7-16(17)13-23-24-20(25)14-22-21(26)15-9-10-18(27-2)19(12-15)28-3/h1,5-10,12-13H,11,14H2,2-3H3,(H,22,26)(H,24,25). The molecular formula is C21H21N3O5. The van der Waals surface area contributed by atoms with Crippen LogP contribution in [-0.2, 0) is 4.79 Å². The minimum absolute atomic E-state index is 0.124. The number of carbonyl (C=O) groups excluding carboxylic acids is 2. The summed E-state index contributed by atoms with van der Waals surface area (Å²) < 4.78 is 15.7. The van der Waals surface area contributed by atoms with Crippen molar-refractivity contribution in [3.8, 4) is 29.6 Å². The van der Waals surface area contributed by atoms with Crippen molar-refractivity contribution in [3.05, 3.63) is 53.6 Å². The molecule has 0 unspecified atom stereocenters. The predicted octanol–water partition coefficient (Wildman–Crippen LogP) is 1.60. The lowest BCUT2D eigenvalue weighted by Crippen LogP contribution is -2.34. The Kier molecular flexibility index (Phi) is 8.08. The molecule has 0 saturated heterocycles. The van der Waals surface area contributed by atoms with Gasteiger partial charge in [-0.25, -0.2) is 5.43 Å². The van der Waals surface area contributed by atoms with E-state index in [2.05, 4.69) is 21.8 Å². The summed E-state index contributed by atoms with van der Waals surface area (Å²) in [6.07, 6.45) is 6.61. The highest BCUT2D eigenvalue weighted by Crippen LogP contribution is 2.27. The Hall–Kier alpha value is -3.99. The second-order valence-electron chi connectivity index (χ2n) is 5.58. The van der Waals surface area contributed by atoms with E-state index in [0.29, 0.717) is 28.4 Å². The van der Waals surface area contributed by atoms with Crippen molar-refractivity contribution in [1.82, 2.24) is 10.7 Å². The van der Waals surface area contributed by atoms with Crippen LogP contribution in [0, 0.1) is 12.3 Å². The summed E-state index contributed by atoms with van der Waals surface area (Å²) in [7, 11) is 2.98. The fraction of sp³-hybridized carbons (Fsp3) is 0.190. The lowest BCUT2D eigenvalue weighted by atomic mass is 10.2. The van der Waals surface area contributed by atoms with E-state index >= 15 is 0 Å². The smallest absolute Gasteiger partial charge is 0.259 e. The van der Waals surface area contributed by atoms with E-state index in [9.17, 15) is 9.59 Å². The summed E-state index contributed by atoms with van der Waals surface area (Å²) in [5, 5.41) is 6.37. The molecule has 0 aliphatic heterocycles. The van der Waals surface area contributed by atoms with Crippen LogP contribution in [0.2, 0.25) is 0 Å². The van der Waals surface area contributed by atoms with Crippen LogP contribution in [0.1, 0.15) is 15.9 Å². The van der Waals surface area contributed by atoms with E-state index in [1.807, 2.05) is 0 Å². The molecular weight excluding hydrogens is 374 g/mol. The highest BCUT2D eigenvalue weighted by Gasteiger charge is 2.11. The van der Waals surface area contributed by atoms with Crippen LogP contribution < -0.4 is 25.0 Å². The van der Waals surface area contributed by atoms with E-state index in [4.69, 9.17) is 20.6 Å². The molecule has 2 aromatic rings. The monoisotopic (exact) mass is 395 g/mol. The largest absolute Gasteiger partial charge is 0.493 e. The molecule has 8 nitrogen and oxygen atoms in total. The van der Waals surface area contributed by atoms with Gasteiger partial charge >= 0.3 is 0 Å². The van der Waals surface area contributed by atoms with Gasteiger partial charge < -0.3 is 19.5 Å². The number of amides is 2. The van der Waals surface area contributed by atoms with Crippen molar-refractivity contribution in [1.29, 1.82) is 0 Å². The zero-order chi connectivity index (χ0) is 21.1. The number of methoxy groups -OCH3 is 2. The molecule has 0 aromatic heterocycles. The van der Waals surface area contributed by atoms with E-state index in [-0.39, 0.29) is 13.2 Å². The van der Waals surface area contributed by atoms with Crippen molar-refractivity contribution in [3.63, 3.8) is 0 Å². The molecule has 0 saturated carbocycles. The van der Waals surface area contributed by atoms with Crippen LogP contribution in [0.3, 0.4) is 0 Å². The SMILES string of the molecule is C#CCOc1ccccc1C=NNC(=O)CNC(=O)c1ccc(OC)c(OC)c1. The summed E-state index contributed by atoms with van der Waals surface area (Å²) in [5.74, 6) is 2.92. The van der Waals surface area contributed by atoms with Gasteiger partial charge in [0.1, 0.15) is 12.4 Å². The zero-order valence-electron chi connectivity index (χ0n) is 16.1. The second-order valence-corrected chi connectivity index (χ2v) is 5.58. The molecule has 2 aromatic carbocycles.